The lowest BCUT2D eigenvalue weighted by Gasteiger charge is -2.25. The molecule has 1 aromatic carbocycles. The Labute approximate surface area is 118 Å². The molecule has 0 saturated carbocycles. The average molecular weight is 303 g/mol. The van der Waals surface area contributed by atoms with Gasteiger partial charge in [0.25, 0.3) is 0 Å². The molecule has 2 unspecified atom stereocenters. The van der Waals surface area contributed by atoms with E-state index >= 15 is 0 Å². The summed E-state index contributed by atoms with van der Waals surface area (Å²) in [6.45, 7) is 2.54. The van der Waals surface area contributed by atoms with E-state index < -0.39 is 27.5 Å². The lowest BCUT2D eigenvalue weighted by Crippen LogP contribution is -2.31. The Morgan fingerprint density at radius 3 is 2.50 bits per heavy atom. The van der Waals surface area contributed by atoms with Crippen LogP contribution in [0, 0.1) is 17.6 Å². The third kappa shape index (κ3) is 3.35. The van der Waals surface area contributed by atoms with Crippen LogP contribution in [0.15, 0.2) is 18.2 Å². The van der Waals surface area contributed by atoms with Crippen LogP contribution in [0.3, 0.4) is 0 Å². The quantitative estimate of drug-likeness (QED) is 0.909. The number of hydrogen-bond donors (Lipinski definition) is 1. The van der Waals surface area contributed by atoms with Crippen molar-refractivity contribution in [1.29, 1.82) is 0 Å². The fourth-order valence-corrected chi connectivity index (χ4v) is 4.54. The lowest BCUT2D eigenvalue weighted by molar-refractivity contribution is 0.365. The number of hydrogen-bond acceptors (Lipinski definition) is 3. The maximum Gasteiger partial charge on any atom is 0.150 e. The maximum atomic E-state index is 13.9. The second-order valence-corrected chi connectivity index (χ2v) is 7.46. The standard InChI is InChI=1S/C14H19F2NO2S/c1-2-7-17-14(10-6-8-20(18,19)9-10)13-11(15)4-3-5-12(13)16/h3-5,10,14,17H,2,6-9H2,1H3. The van der Waals surface area contributed by atoms with Gasteiger partial charge in [0.2, 0.25) is 0 Å². The van der Waals surface area contributed by atoms with E-state index in [1.165, 1.54) is 18.2 Å². The predicted octanol–water partition coefficient (Wildman–Crippen LogP) is 2.44. The number of nitrogens with one attached hydrogen (secondary N) is 1. The van der Waals surface area contributed by atoms with Crippen LogP contribution in [0.4, 0.5) is 8.78 Å². The van der Waals surface area contributed by atoms with Gasteiger partial charge in [0.15, 0.2) is 9.84 Å². The Morgan fingerprint density at radius 2 is 2.00 bits per heavy atom. The number of sulfone groups is 1. The largest absolute Gasteiger partial charge is 0.309 e. The Morgan fingerprint density at radius 1 is 1.35 bits per heavy atom. The van der Waals surface area contributed by atoms with Crippen molar-refractivity contribution < 1.29 is 17.2 Å². The summed E-state index contributed by atoms with van der Waals surface area (Å²) >= 11 is 0. The van der Waals surface area contributed by atoms with E-state index in [0.717, 1.165) is 6.42 Å². The third-order valence-electron chi connectivity index (χ3n) is 3.66. The second-order valence-electron chi connectivity index (χ2n) is 5.23. The van der Waals surface area contributed by atoms with Crippen LogP contribution in [-0.4, -0.2) is 26.5 Å². The van der Waals surface area contributed by atoms with Crippen LogP contribution in [0.1, 0.15) is 31.4 Å². The zero-order valence-corrected chi connectivity index (χ0v) is 12.2. The highest BCUT2D eigenvalue weighted by Gasteiger charge is 2.36. The summed E-state index contributed by atoms with van der Waals surface area (Å²) in [4.78, 5) is 0. The van der Waals surface area contributed by atoms with E-state index in [1.54, 1.807) is 0 Å². The molecule has 1 heterocycles. The molecule has 1 aromatic rings. The first kappa shape index (κ1) is 15.4. The first-order chi connectivity index (χ1) is 9.44. The van der Waals surface area contributed by atoms with Gasteiger partial charge in [-0.2, -0.15) is 0 Å². The molecule has 1 N–H and O–H groups in total. The summed E-state index contributed by atoms with van der Waals surface area (Å²) in [6.07, 6.45) is 1.25. The highest BCUT2D eigenvalue weighted by molar-refractivity contribution is 7.91. The first-order valence-corrected chi connectivity index (χ1v) is 8.64. The van der Waals surface area contributed by atoms with Crippen molar-refractivity contribution in [1.82, 2.24) is 5.32 Å². The normalized spacial score (nSPS) is 22.9. The average Bonchev–Trinajstić information content (AvgIpc) is 2.73. The zero-order valence-electron chi connectivity index (χ0n) is 11.4. The van der Waals surface area contributed by atoms with Crippen molar-refractivity contribution in [3.8, 4) is 0 Å². The van der Waals surface area contributed by atoms with Crippen LogP contribution in [0.25, 0.3) is 0 Å². The molecule has 1 saturated heterocycles. The summed E-state index contributed by atoms with van der Waals surface area (Å²) in [7, 11) is -3.08. The highest BCUT2D eigenvalue weighted by Crippen LogP contribution is 2.34. The molecule has 0 amide bonds. The molecular formula is C14H19F2NO2S. The van der Waals surface area contributed by atoms with Crippen molar-refractivity contribution in [2.24, 2.45) is 5.92 Å². The van der Waals surface area contributed by atoms with Crippen molar-refractivity contribution >= 4 is 9.84 Å². The maximum absolute atomic E-state index is 13.9. The number of rotatable bonds is 5. The molecule has 2 atom stereocenters. The van der Waals surface area contributed by atoms with Crippen LogP contribution in [0.5, 0.6) is 0 Å². The second kappa shape index (κ2) is 6.18. The monoisotopic (exact) mass is 303 g/mol. The molecule has 20 heavy (non-hydrogen) atoms. The van der Waals surface area contributed by atoms with Gasteiger partial charge in [-0.05, 0) is 37.4 Å². The van der Waals surface area contributed by atoms with Crippen LogP contribution >= 0.6 is 0 Å². The summed E-state index contributed by atoms with van der Waals surface area (Å²) < 4.78 is 51.1. The Bertz CT molecular complexity index is 554. The van der Waals surface area contributed by atoms with Gasteiger partial charge in [0, 0.05) is 11.6 Å². The van der Waals surface area contributed by atoms with Crippen molar-refractivity contribution in [3.63, 3.8) is 0 Å². The lowest BCUT2D eigenvalue weighted by atomic mass is 9.91. The van der Waals surface area contributed by atoms with Crippen LogP contribution < -0.4 is 5.32 Å². The Balaban J connectivity index is 2.33. The molecule has 0 bridgehead atoms. The van der Waals surface area contributed by atoms with E-state index in [0.29, 0.717) is 13.0 Å². The molecule has 6 heteroatoms. The van der Waals surface area contributed by atoms with Gasteiger partial charge < -0.3 is 5.32 Å². The minimum absolute atomic E-state index is 0.0118. The molecule has 1 fully saturated rings. The Hall–Kier alpha value is -1.01. The number of halogens is 2. The van der Waals surface area contributed by atoms with E-state index in [-0.39, 0.29) is 23.0 Å². The molecule has 0 aliphatic carbocycles. The fraction of sp³-hybridized carbons (Fsp3) is 0.571. The van der Waals surface area contributed by atoms with Gasteiger partial charge in [0.05, 0.1) is 11.5 Å². The van der Waals surface area contributed by atoms with Crippen molar-refractivity contribution in [3.05, 3.63) is 35.4 Å². The summed E-state index contributed by atoms with van der Waals surface area (Å²) in [5.41, 5.74) is -0.0388. The first-order valence-electron chi connectivity index (χ1n) is 6.82. The molecule has 1 aliphatic heterocycles. The topological polar surface area (TPSA) is 46.2 Å². The van der Waals surface area contributed by atoms with Crippen molar-refractivity contribution in [2.75, 3.05) is 18.1 Å². The minimum atomic E-state index is -3.08. The molecule has 2 rings (SSSR count). The van der Waals surface area contributed by atoms with E-state index in [1.807, 2.05) is 6.92 Å². The Kier molecular flexibility index (Phi) is 4.75. The van der Waals surface area contributed by atoms with Gasteiger partial charge in [-0.1, -0.05) is 13.0 Å². The molecule has 1 aliphatic rings. The van der Waals surface area contributed by atoms with Gasteiger partial charge in [0.1, 0.15) is 11.6 Å². The van der Waals surface area contributed by atoms with Gasteiger partial charge in [-0.3, -0.25) is 0 Å². The molecule has 112 valence electrons. The molecule has 0 spiro atoms. The molecule has 3 nitrogen and oxygen atoms in total. The predicted molar refractivity (Wildman–Crippen MR) is 74.2 cm³/mol. The SMILES string of the molecule is CCCNC(c1c(F)cccc1F)C1CCS(=O)(=O)C1. The van der Waals surface area contributed by atoms with E-state index in [9.17, 15) is 17.2 Å². The summed E-state index contributed by atoms with van der Waals surface area (Å²) in [5, 5.41) is 3.10. The van der Waals surface area contributed by atoms with Crippen molar-refractivity contribution in [2.45, 2.75) is 25.8 Å². The zero-order chi connectivity index (χ0) is 14.8. The minimum Gasteiger partial charge on any atom is -0.309 e. The molecule has 0 aromatic heterocycles. The number of benzene rings is 1. The van der Waals surface area contributed by atoms with Gasteiger partial charge in [-0.25, -0.2) is 17.2 Å². The van der Waals surface area contributed by atoms with Gasteiger partial charge in [-0.15, -0.1) is 0 Å². The molecule has 0 radical (unpaired) electrons. The third-order valence-corrected chi connectivity index (χ3v) is 5.46. The van der Waals surface area contributed by atoms with E-state index in [2.05, 4.69) is 5.32 Å². The van der Waals surface area contributed by atoms with Gasteiger partial charge >= 0.3 is 0 Å². The van der Waals surface area contributed by atoms with Crippen LogP contribution in [0.2, 0.25) is 0 Å². The summed E-state index contributed by atoms with van der Waals surface area (Å²) in [5.74, 6) is -1.44. The summed E-state index contributed by atoms with van der Waals surface area (Å²) in [6, 6.07) is 3.15. The smallest absolute Gasteiger partial charge is 0.150 e. The van der Waals surface area contributed by atoms with E-state index in [4.69, 9.17) is 0 Å². The van der Waals surface area contributed by atoms with Crippen LogP contribution in [-0.2, 0) is 9.84 Å². The highest BCUT2D eigenvalue weighted by atomic mass is 32.2. The molecular weight excluding hydrogens is 284 g/mol. The fourth-order valence-electron chi connectivity index (χ4n) is 2.70.